The summed E-state index contributed by atoms with van der Waals surface area (Å²) in [6.07, 6.45) is 1.95. The van der Waals surface area contributed by atoms with Crippen LogP contribution in [-0.2, 0) is 4.79 Å². The Bertz CT molecular complexity index is 1060. The number of thiophene rings is 1. The van der Waals surface area contributed by atoms with Crippen LogP contribution in [0.25, 0.3) is 10.7 Å². The monoisotopic (exact) mass is 443 g/mol. The Morgan fingerprint density at radius 2 is 2.20 bits per heavy atom. The highest BCUT2D eigenvalue weighted by Gasteiger charge is 2.27. The molecule has 1 aliphatic rings. The van der Waals surface area contributed by atoms with Crippen molar-refractivity contribution in [2.45, 2.75) is 31.8 Å². The summed E-state index contributed by atoms with van der Waals surface area (Å²) in [4.78, 5) is 16.3. The topological polar surface area (TPSA) is 75.2 Å². The molecule has 0 radical (unpaired) electrons. The van der Waals surface area contributed by atoms with Crippen molar-refractivity contribution in [3.63, 3.8) is 0 Å². The molecule has 1 amide bonds. The largest absolute Gasteiger partial charge is 0.495 e. The lowest BCUT2D eigenvalue weighted by atomic mass is 10.0. The Kier molecular flexibility index (Phi) is 6.19. The van der Waals surface area contributed by atoms with E-state index in [4.69, 9.17) is 17.0 Å². The van der Waals surface area contributed by atoms with Gasteiger partial charge in [0, 0.05) is 19.1 Å². The number of aromatic amines is 1. The number of para-hydroxylation sites is 2. The summed E-state index contributed by atoms with van der Waals surface area (Å²) in [5.74, 6) is 1.48. The quantitative estimate of drug-likeness (QED) is 0.563. The van der Waals surface area contributed by atoms with E-state index in [-0.39, 0.29) is 11.9 Å². The van der Waals surface area contributed by atoms with E-state index in [0.29, 0.717) is 10.6 Å². The fraction of sp³-hybridized carbons (Fsp3) is 0.381. The summed E-state index contributed by atoms with van der Waals surface area (Å²) in [7, 11) is 1.68. The number of piperidine rings is 1. The van der Waals surface area contributed by atoms with E-state index < -0.39 is 6.04 Å². The van der Waals surface area contributed by atoms with E-state index >= 15 is 0 Å². The molecule has 7 nitrogen and oxygen atoms in total. The number of benzene rings is 1. The van der Waals surface area contributed by atoms with Gasteiger partial charge in [0.1, 0.15) is 11.8 Å². The summed E-state index contributed by atoms with van der Waals surface area (Å²) in [5, 5.41) is 12.4. The maximum absolute atomic E-state index is 13.1. The smallest absolute Gasteiger partial charge is 0.243 e. The first-order valence-corrected chi connectivity index (χ1v) is 11.3. The van der Waals surface area contributed by atoms with Crippen LogP contribution < -0.4 is 15.0 Å². The first-order chi connectivity index (χ1) is 14.6. The van der Waals surface area contributed by atoms with Gasteiger partial charge >= 0.3 is 0 Å². The Morgan fingerprint density at radius 3 is 2.97 bits per heavy atom. The first-order valence-electron chi connectivity index (χ1n) is 9.97. The van der Waals surface area contributed by atoms with Gasteiger partial charge in [-0.05, 0) is 55.6 Å². The van der Waals surface area contributed by atoms with Crippen LogP contribution in [0.3, 0.4) is 0 Å². The van der Waals surface area contributed by atoms with Crippen molar-refractivity contribution in [2.75, 3.05) is 25.1 Å². The molecule has 3 aromatic rings. The van der Waals surface area contributed by atoms with Crippen molar-refractivity contribution < 1.29 is 9.53 Å². The van der Waals surface area contributed by atoms with Gasteiger partial charge in [-0.3, -0.25) is 14.5 Å². The van der Waals surface area contributed by atoms with Gasteiger partial charge in [0.2, 0.25) is 5.91 Å². The maximum atomic E-state index is 13.1. The van der Waals surface area contributed by atoms with Gasteiger partial charge in [0.25, 0.3) is 0 Å². The van der Waals surface area contributed by atoms with Gasteiger partial charge in [-0.25, -0.2) is 0 Å². The standard InChI is InChI=1S/C21H25N5O2S2/c1-14(26-19(23-24-21(26)29)18-10-6-12-30-18)20(27)22-15-7-5-11-25(13-15)16-8-3-4-9-17(16)28-2/h3-4,6,8-10,12,14-15H,5,7,11,13H2,1-2H3,(H,22,27)(H,24,29). The fourth-order valence-corrected chi connectivity index (χ4v) is 4.89. The molecule has 3 heterocycles. The number of carbonyl (C=O) groups is 1. The van der Waals surface area contributed by atoms with Gasteiger partial charge in [-0.15, -0.1) is 11.3 Å². The average molecular weight is 444 g/mol. The molecule has 0 saturated carbocycles. The van der Waals surface area contributed by atoms with Crippen molar-refractivity contribution in [3.05, 3.63) is 46.5 Å². The number of hydrogen-bond donors (Lipinski definition) is 2. The third-order valence-corrected chi connectivity index (χ3v) is 6.56. The molecule has 30 heavy (non-hydrogen) atoms. The zero-order valence-corrected chi connectivity index (χ0v) is 18.6. The normalized spacial score (nSPS) is 17.5. The molecule has 2 unspecified atom stereocenters. The average Bonchev–Trinajstić information content (AvgIpc) is 3.43. The maximum Gasteiger partial charge on any atom is 0.243 e. The highest BCUT2D eigenvalue weighted by Crippen LogP contribution is 2.30. The summed E-state index contributed by atoms with van der Waals surface area (Å²) < 4.78 is 7.74. The Labute approximate surface area is 184 Å². The molecule has 2 N–H and O–H groups in total. The predicted molar refractivity (Wildman–Crippen MR) is 122 cm³/mol. The second-order valence-electron chi connectivity index (χ2n) is 7.34. The zero-order chi connectivity index (χ0) is 21.1. The lowest BCUT2D eigenvalue weighted by Crippen LogP contribution is -2.49. The second kappa shape index (κ2) is 9.01. The minimum absolute atomic E-state index is 0.0582. The molecule has 9 heteroatoms. The van der Waals surface area contributed by atoms with Crippen molar-refractivity contribution in [3.8, 4) is 16.5 Å². The van der Waals surface area contributed by atoms with Crippen LogP contribution in [0.5, 0.6) is 5.75 Å². The van der Waals surface area contributed by atoms with Gasteiger partial charge < -0.3 is 15.0 Å². The van der Waals surface area contributed by atoms with E-state index in [1.165, 1.54) is 0 Å². The lowest BCUT2D eigenvalue weighted by Gasteiger charge is -2.35. The number of nitrogens with zero attached hydrogens (tertiary/aromatic N) is 3. The molecule has 2 atom stereocenters. The molecule has 1 aliphatic heterocycles. The molecule has 0 spiro atoms. The molecular weight excluding hydrogens is 418 g/mol. The number of amides is 1. The number of H-pyrrole nitrogens is 1. The van der Waals surface area contributed by atoms with Crippen LogP contribution in [0.2, 0.25) is 0 Å². The van der Waals surface area contributed by atoms with Gasteiger partial charge in [0.05, 0.1) is 17.7 Å². The summed E-state index contributed by atoms with van der Waals surface area (Å²) in [5.41, 5.74) is 1.06. The number of carbonyl (C=O) groups excluding carboxylic acids is 1. The summed E-state index contributed by atoms with van der Waals surface area (Å²) in [6, 6.07) is 11.5. The Hall–Kier alpha value is -2.65. The number of nitrogens with one attached hydrogen (secondary N) is 2. The van der Waals surface area contributed by atoms with Crippen LogP contribution in [0.1, 0.15) is 25.8 Å². The van der Waals surface area contributed by atoms with Crippen LogP contribution >= 0.6 is 23.6 Å². The number of hydrogen-bond acceptors (Lipinski definition) is 6. The molecule has 0 aliphatic carbocycles. The molecular formula is C21H25N5O2S2. The third kappa shape index (κ3) is 4.13. The summed E-state index contributed by atoms with van der Waals surface area (Å²) >= 11 is 6.97. The van der Waals surface area contributed by atoms with E-state index in [1.54, 1.807) is 23.0 Å². The predicted octanol–water partition coefficient (Wildman–Crippen LogP) is 4.02. The first kappa shape index (κ1) is 20.6. The number of ether oxygens (including phenoxy) is 1. The van der Waals surface area contributed by atoms with Crippen LogP contribution in [-0.4, -0.2) is 46.9 Å². The van der Waals surface area contributed by atoms with Gasteiger partial charge in [0.15, 0.2) is 10.6 Å². The summed E-state index contributed by atoms with van der Waals surface area (Å²) in [6.45, 7) is 3.55. The van der Waals surface area contributed by atoms with Crippen molar-refractivity contribution in [2.24, 2.45) is 0 Å². The second-order valence-corrected chi connectivity index (χ2v) is 8.68. The highest BCUT2D eigenvalue weighted by molar-refractivity contribution is 7.71. The van der Waals surface area contributed by atoms with Crippen molar-refractivity contribution >= 4 is 35.1 Å². The van der Waals surface area contributed by atoms with E-state index in [0.717, 1.165) is 42.2 Å². The molecule has 2 aromatic heterocycles. The Morgan fingerprint density at radius 1 is 1.37 bits per heavy atom. The van der Waals surface area contributed by atoms with Gasteiger partial charge in [-0.2, -0.15) is 5.10 Å². The van der Waals surface area contributed by atoms with E-state index in [1.807, 2.05) is 42.6 Å². The van der Waals surface area contributed by atoms with Crippen molar-refractivity contribution in [1.29, 1.82) is 0 Å². The molecule has 4 rings (SSSR count). The van der Waals surface area contributed by atoms with E-state index in [9.17, 15) is 4.79 Å². The number of anilines is 1. The molecule has 1 aromatic carbocycles. The molecule has 1 saturated heterocycles. The third-order valence-electron chi connectivity index (χ3n) is 5.41. The number of methoxy groups -OCH3 is 1. The van der Waals surface area contributed by atoms with Crippen LogP contribution in [0.4, 0.5) is 5.69 Å². The van der Waals surface area contributed by atoms with Crippen molar-refractivity contribution in [1.82, 2.24) is 20.1 Å². The highest BCUT2D eigenvalue weighted by atomic mass is 32.1. The number of aromatic nitrogens is 3. The molecule has 1 fully saturated rings. The lowest BCUT2D eigenvalue weighted by molar-refractivity contribution is -0.124. The minimum atomic E-state index is -0.463. The minimum Gasteiger partial charge on any atom is -0.495 e. The SMILES string of the molecule is COc1ccccc1N1CCCC(NC(=O)C(C)n2c(-c3cccs3)n[nH]c2=S)C1. The van der Waals surface area contributed by atoms with Gasteiger partial charge in [-0.1, -0.05) is 18.2 Å². The zero-order valence-electron chi connectivity index (χ0n) is 17.0. The Balaban J connectivity index is 1.48. The fourth-order valence-electron chi connectivity index (χ4n) is 3.89. The van der Waals surface area contributed by atoms with E-state index in [2.05, 4.69) is 26.5 Å². The van der Waals surface area contributed by atoms with Crippen LogP contribution in [0.15, 0.2) is 41.8 Å². The number of rotatable bonds is 6. The molecule has 158 valence electrons. The molecule has 0 bridgehead atoms. The van der Waals surface area contributed by atoms with Crippen LogP contribution in [0, 0.1) is 4.77 Å².